The molecule has 0 aromatic rings. The Kier molecular flexibility index (Phi) is 27.0. The van der Waals surface area contributed by atoms with E-state index in [-0.39, 0.29) is 19.4 Å². The SMILES string of the molecule is CC/C=C\C/C=C\C/C=C\C/C=C\C=C\C(O)CCCC(=O)OC[C@H](COP(=O)(O)O)OC(=O)CCCCCCCCC. The lowest BCUT2D eigenvalue weighted by molar-refractivity contribution is -0.161. The minimum atomic E-state index is -4.78. The van der Waals surface area contributed by atoms with Gasteiger partial charge < -0.3 is 24.4 Å². The number of esters is 2. The van der Waals surface area contributed by atoms with Crippen LogP contribution in [0.3, 0.4) is 0 Å². The summed E-state index contributed by atoms with van der Waals surface area (Å²) in [6, 6.07) is 0. The smallest absolute Gasteiger partial charge is 0.462 e. The predicted octanol–water partition coefficient (Wildman–Crippen LogP) is 7.58. The molecule has 0 aliphatic carbocycles. The molecule has 0 aromatic heterocycles. The highest BCUT2D eigenvalue weighted by Gasteiger charge is 2.23. The first kappa shape index (κ1) is 40.7. The number of aliphatic hydroxyl groups is 1. The van der Waals surface area contributed by atoms with E-state index in [0.29, 0.717) is 19.3 Å². The van der Waals surface area contributed by atoms with Crippen molar-refractivity contribution in [2.45, 2.75) is 122 Å². The van der Waals surface area contributed by atoms with Crippen LogP contribution in [0.4, 0.5) is 0 Å². The van der Waals surface area contributed by atoms with Crippen molar-refractivity contribution in [2.24, 2.45) is 0 Å². The third kappa shape index (κ3) is 31.0. The molecule has 246 valence electrons. The zero-order valence-corrected chi connectivity index (χ0v) is 27.1. The molecule has 0 radical (unpaired) electrons. The lowest BCUT2D eigenvalue weighted by Crippen LogP contribution is -2.29. The van der Waals surface area contributed by atoms with Crippen LogP contribution in [-0.2, 0) is 28.2 Å². The molecule has 0 heterocycles. The molecule has 43 heavy (non-hydrogen) atoms. The van der Waals surface area contributed by atoms with Gasteiger partial charge in [-0.2, -0.15) is 0 Å². The summed E-state index contributed by atoms with van der Waals surface area (Å²) in [6.45, 7) is 3.29. The van der Waals surface area contributed by atoms with E-state index in [1.54, 1.807) is 12.2 Å². The van der Waals surface area contributed by atoms with E-state index in [4.69, 9.17) is 19.3 Å². The summed E-state index contributed by atoms with van der Waals surface area (Å²) < 4.78 is 25.9. The van der Waals surface area contributed by atoms with Crippen LogP contribution in [0, 0.1) is 0 Å². The third-order valence-corrected chi connectivity index (χ3v) is 6.64. The van der Waals surface area contributed by atoms with Gasteiger partial charge in [0.1, 0.15) is 6.61 Å². The first-order chi connectivity index (χ1) is 20.7. The Balaban J connectivity index is 4.26. The van der Waals surface area contributed by atoms with Gasteiger partial charge in [-0.3, -0.25) is 14.1 Å². The van der Waals surface area contributed by atoms with Crippen LogP contribution < -0.4 is 0 Å². The van der Waals surface area contributed by atoms with Gasteiger partial charge in [0.05, 0.1) is 12.7 Å². The maximum Gasteiger partial charge on any atom is 0.469 e. The number of rotatable bonds is 27. The molecule has 10 heteroatoms. The first-order valence-corrected chi connectivity index (χ1v) is 17.2. The molecule has 0 saturated heterocycles. The molecular formula is C33H55O9P. The van der Waals surface area contributed by atoms with Crippen LogP contribution in [0.5, 0.6) is 0 Å². The number of carbonyl (C=O) groups excluding carboxylic acids is 2. The highest BCUT2D eigenvalue weighted by molar-refractivity contribution is 7.46. The van der Waals surface area contributed by atoms with Crippen LogP contribution in [0.25, 0.3) is 0 Å². The maximum atomic E-state index is 12.2. The maximum absolute atomic E-state index is 12.2. The average molecular weight is 627 g/mol. The molecule has 0 spiro atoms. The van der Waals surface area contributed by atoms with Crippen molar-refractivity contribution < 1.29 is 43.0 Å². The van der Waals surface area contributed by atoms with Gasteiger partial charge in [0, 0.05) is 12.8 Å². The molecule has 3 N–H and O–H groups in total. The summed E-state index contributed by atoms with van der Waals surface area (Å²) in [7, 11) is -4.78. The molecule has 0 fully saturated rings. The van der Waals surface area contributed by atoms with Crippen molar-refractivity contribution in [3.05, 3.63) is 60.8 Å². The van der Waals surface area contributed by atoms with Gasteiger partial charge in [-0.15, -0.1) is 0 Å². The first-order valence-electron chi connectivity index (χ1n) is 15.7. The Morgan fingerprint density at radius 1 is 0.721 bits per heavy atom. The molecule has 0 saturated carbocycles. The molecule has 0 amide bonds. The number of carbonyl (C=O) groups is 2. The Hall–Kier alpha value is -2.29. The lowest BCUT2D eigenvalue weighted by atomic mass is 10.1. The molecule has 0 bridgehead atoms. The molecule has 9 nitrogen and oxygen atoms in total. The van der Waals surface area contributed by atoms with Crippen LogP contribution in [0.2, 0.25) is 0 Å². The van der Waals surface area contributed by atoms with Crippen molar-refractivity contribution >= 4 is 19.8 Å². The van der Waals surface area contributed by atoms with Crippen molar-refractivity contribution in [3.63, 3.8) is 0 Å². The van der Waals surface area contributed by atoms with Crippen LogP contribution in [0.1, 0.15) is 110 Å². The number of phosphoric acid groups is 1. The van der Waals surface area contributed by atoms with Crippen molar-refractivity contribution in [3.8, 4) is 0 Å². The second-order valence-corrected chi connectivity index (χ2v) is 11.5. The Morgan fingerprint density at radius 3 is 1.93 bits per heavy atom. The van der Waals surface area contributed by atoms with Gasteiger partial charge in [-0.25, -0.2) is 4.57 Å². The predicted molar refractivity (Wildman–Crippen MR) is 171 cm³/mol. The molecular weight excluding hydrogens is 571 g/mol. The quantitative estimate of drug-likeness (QED) is 0.0277. The monoisotopic (exact) mass is 626 g/mol. The number of unbranched alkanes of at least 4 members (excludes halogenated alkanes) is 6. The second kappa shape index (κ2) is 28.5. The second-order valence-electron chi connectivity index (χ2n) is 10.3. The number of aliphatic hydroxyl groups excluding tert-OH is 1. The van der Waals surface area contributed by atoms with Gasteiger partial charge in [-0.05, 0) is 44.9 Å². The Morgan fingerprint density at radius 2 is 1.30 bits per heavy atom. The van der Waals surface area contributed by atoms with Crippen LogP contribution in [-0.4, -0.2) is 52.3 Å². The summed E-state index contributed by atoms with van der Waals surface area (Å²) in [5.74, 6) is -1.11. The Bertz CT molecular complexity index is 902. The number of hydrogen-bond acceptors (Lipinski definition) is 7. The molecule has 0 aliphatic rings. The van der Waals surface area contributed by atoms with Gasteiger partial charge in [0.15, 0.2) is 6.10 Å². The van der Waals surface area contributed by atoms with Gasteiger partial charge in [-0.1, -0.05) is 113 Å². The van der Waals surface area contributed by atoms with E-state index in [2.05, 4.69) is 54.8 Å². The average Bonchev–Trinajstić information content (AvgIpc) is 2.96. The van der Waals surface area contributed by atoms with E-state index < -0.39 is 38.6 Å². The molecule has 2 atom stereocenters. The zero-order valence-electron chi connectivity index (χ0n) is 26.2. The van der Waals surface area contributed by atoms with Gasteiger partial charge in [0.25, 0.3) is 0 Å². The highest BCUT2D eigenvalue weighted by Crippen LogP contribution is 2.35. The fourth-order valence-electron chi connectivity index (χ4n) is 3.81. The van der Waals surface area contributed by atoms with E-state index in [1.807, 2.05) is 12.2 Å². The largest absolute Gasteiger partial charge is 0.469 e. The van der Waals surface area contributed by atoms with E-state index in [9.17, 15) is 19.3 Å². The lowest BCUT2D eigenvalue weighted by Gasteiger charge is -2.18. The van der Waals surface area contributed by atoms with Crippen LogP contribution >= 0.6 is 7.82 Å². The summed E-state index contributed by atoms with van der Waals surface area (Å²) >= 11 is 0. The van der Waals surface area contributed by atoms with Gasteiger partial charge in [0.2, 0.25) is 0 Å². The van der Waals surface area contributed by atoms with Crippen LogP contribution in [0.15, 0.2) is 60.8 Å². The van der Waals surface area contributed by atoms with Crippen molar-refractivity contribution in [1.29, 1.82) is 0 Å². The molecule has 1 unspecified atom stereocenters. The summed E-state index contributed by atoms with van der Waals surface area (Å²) in [5.41, 5.74) is 0. The third-order valence-electron chi connectivity index (χ3n) is 6.15. The van der Waals surface area contributed by atoms with E-state index >= 15 is 0 Å². The summed E-state index contributed by atoms with van der Waals surface area (Å²) in [5, 5.41) is 10.1. The molecule has 0 rings (SSSR count). The highest BCUT2D eigenvalue weighted by atomic mass is 31.2. The van der Waals surface area contributed by atoms with E-state index in [0.717, 1.165) is 44.9 Å². The topological polar surface area (TPSA) is 140 Å². The minimum absolute atomic E-state index is 0.0346. The summed E-state index contributed by atoms with van der Waals surface area (Å²) in [6.07, 6.45) is 30.1. The van der Waals surface area contributed by atoms with Gasteiger partial charge >= 0.3 is 19.8 Å². The number of allylic oxidation sites excluding steroid dienone is 9. The Labute approximate surface area is 259 Å². The number of phosphoric ester groups is 1. The minimum Gasteiger partial charge on any atom is -0.462 e. The fourth-order valence-corrected chi connectivity index (χ4v) is 4.17. The number of hydrogen-bond donors (Lipinski definition) is 3. The normalized spacial score (nSPS) is 14.1. The molecule has 0 aliphatic heterocycles. The number of ether oxygens (including phenoxy) is 2. The standard InChI is InChI=1S/C33H55O9P/c1-3-5-7-9-11-12-13-14-15-16-18-19-21-24-30(34)25-23-27-32(35)40-28-31(29-41-43(37,38)39)42-33(36)26-22-20-17-10-8-6-4-2/h5,7,11-12,14-15,18-19,21,24,30-31,34H,3-4,6,8-10,13,16-17,20,22-23,25-29H2,1-2H3,(H2,37,38,39)/b7-5-,12-11-,15-14-,19-18-,24-21+/t30?,31-/m1/s1. The van der Waals surface area contributed by atoms with Crippen molar-refractivity contribution in [1.82, 2.24) is 0 Å². The summed E-state index contributed by atoms with van der Waals surface area (Å²) in [4.78, 5) is 42.3. The fraction of sp³-hybridized carbons (Fsp3) is 0.636. The zero-order chi connectivity index (χ0) is 32.0. The van der Waals surface area contributed by atoms with E-state index in [1.165, 1.54) is 19.3 Å². The van der Waals surface area contributed by atoms with Crippen molar-refractivity contribution in [2.75, 3.05) is 13.2 Å². The molecule has 0 aromatic carbocycles.